The first-order valence-electron chi connectivity index (χ1n) is 9.88. The van der Waals surface area contributed by atoms with Crippen molar-refractivity contribution in [3.63, 3.8) is 0 Å². The SMILES string of the molecule is COc1ccc([C@H](CNC(=O)CCCn2c(C)csc2=O)N2CCCC2)cc1. The van der Waals surface area contributed by atoms with E-state index in [0.29, 0.717) is 25.9 Å². The van der Waals surface area contributed by atoms with Crippen molar-refractivity contribution in [3.8, 4) is 5.75 Å². The number of aryl methyl sites for hydroxylation is 1. The van der Waals surface area contributed by atoms with Crippen LogP contribution in [0.5, 0.6) is 5.75 Å². The molecule has 0 radical (unpaired) electrons. The van der Waals surface area contributed by atoms with Crippen molar-refractivity contribution in [2.75, 3.05) is 26.7 Å². The van der Waals surface area contributed by atoms with E-state index in [-0.39, 0.29) is 16.8 Å². The van der Waals surface area contributed by atoms with E-state index in [1.165, 1.54) is 29.7 Å². The number of thiazole rings is 1. The highest BCUT2D eigenvalue weighted by atomic mass is 32.1. The lowest BCUT2D eigenvalue weighted by molar-refractivity contribution is -0.121. The maximum absolute atomic E-state index is 12.4. The summed E-state index contributed by atoms with van der Waals surface area (Å²) >= 11 is 1.21. The number of hydrogen-bond donors (Lipinski definition) is 1. The van der Waals surface area contributed by atoms with Crippen LogP contribution in [0.4, 0.5) is 0 Å². The van der Waals surface area contributed by atoms with Crippen LogP contribution in [-0.4, -0.2) is 42.1 Å². The monoisotopic (exact) mass is 403 g/mol. The number of carbonyl (C=O) groups excluding carboxylic acids is 1. The molecule has 2 aromatic rings. The summed E-state index contributed by atoms with van der Waals surface area (Å²) in [5.74, 6) is 0.880. The first-order valence-corrected chi connectivity index (χ1v) is 10.8. The number of benzene rings is 1. The molecule has 152 valence electrons. The van der Waals surface area contributed by atoms with E-state index in [1.54, 1.807) is 11.7 Å². The van der Waals surface area contributed by atoms with Gasteiger partial charge < -0.3 is 14.6 Å². The Morgan fingerprint density at radius 1 is 1.25 bits per heavy atom. The third kappa shape index (κ3) is 5.23. The number of carbonyl (C=O) groups is 1. The Morgan fingerprint density at radius 2 is 1.96 bits per heavy atom. The third-order valence-electron chi connectivity index (χ3n) is 5.34. The Kier molecular flexibility index (Phi) is 7.28. The molecule has 1 amide bonds. The predicted molar refractivity (Wildman–Crippen MR) is 112 cm³/mol. The summed E-state index contributed by atoms with van der Waals surface area (Å²) in [5.41, 5.74) is 2.16. The van der Waals surface area contributed by atoms with Crippen molar-refractivity contribution >= 4 is 17.2 Å². The normalized spacial score (nSPS) is 15.5. The summed E-state index contributed by atoms with van der Waals surface area (Å²) in [7, 11) is 1.67. The van der Waals surface area contributed by atoms with E-state index < -0.39 is 0 Å². The van der Waals surface area contributed by atoms with E-state index in [2.05, 4.69) is 22.3 Å². The van der Waals surface area contributed by atoms with Crippen LogP contribution in [0.2, 0.25) is 0 Å². The number of methoxy groups -OCH3 is 1. The van der Waals surface area contributed by atoms with Gasteiger partial charge in [-0.1, -0.05) is 23.5 Å². The Bertz CT molecular complexity index is 822. The number of ether oxygens (including phenoxy) is 1. The van der Waals surface area contributed by atoms with Crippen molar-refractivity contribution in [2.24, 2.45) is 0 Å². The number of aromatic nitrogens is 1. The Hall–Kier alpha value is -2.12. The molecule has 1 aliphatic heterocycles. The number of likely N-dealkylation sites (tertiary alicyclic amines) is 1. The lowest BCUT2D eigenvalue weighted by Crippen LogP contribution is -2.36. The van der Waals surface area contributed by atoms with Crippen LogP contribution in [0, 0.1) is 6.92 Å². The van der Waals surface area contributed by atoms with Gasteiger partial charge in [0.15, 0.2) is 0 Å². The molecular weight excluding hydrogens is 374 g/mol. The second kappa shape index (κ2) is 9.89. The third-order valence-corrected chi connectivity index (χ3v) is 6.22. The summed E-state index contributed by atoms with van der Waals surface area (Å²) < 4.78 is 7.00. The molecule has 1 atom stereocenters. The predicted octanol–water partition coefficient (Wildman–Crippen LogP) is 2.96. The van der Waals surface area contributed by atoms with Crippen LogP contribution in [-0.2, 0) is 11.3 Å². The van der Waals surface area contributed by atoms with Crippen LogP contribution < -0.4 is 14.9 Å². The molecule has 28 heavy (non-hydrogen) atoms. The molecule has 3 rings (SSSR count). The maximum Gasteiger partial charge on any atom is 0.307 e. The molecule has 0 aliphatic carbocycles. The highest BCUT2D eigenvalue weighted by Crippen LogP contribution is 2.26. The minimum absolute atomic E-state index is 0.0404. The standard InChI is InChI=1S/C21H29N3O3S/c1-16-15-28-21(26)24(16)13-5-6-20(25)22-14-19(23-11-3-4-12-23)17-7-9-18(27-2)10-8-17/h7-10,15,19H,3-6,11-14H2,1-2H3,(H,22,25)/t19-/m0/s1. The first-order chi connectivity index (χ1) is 13.6. The zero-order chi connectivity index (χ0) is 19.9. The van der Waals surface area contributed by atoms with Crippen LogP contribution in [0.3, 0.4) is 0 Å². The van der Waals surface area contributed by atoms with E-state index >= 15 is 0 Å². The van der Waals surface area contributed by atoms with Crippen LogP contribution in [0.25, 0.3) is 0 Å². The average Bonchev–Trinajstić information content (AvgIpc) is 3.34. The highest BCUT2D eigenvalue weighted by molar-refractivity contribution is 7.07. The lowest BCUT2D eigenvalue weighted by Gasteiger charge is -2.28. The van der Waals surface area contributed by atoms with E-state index in [9.17, 15) is 9.59 Å². The summed E-state index contributed by atoms with van der Waals surface area (Å²) in [6.07, 6.45) is 3.50. The molecule has 1 aromatic heterocycles. The Balaban J connectivity index is 1.53. The van der Waals surface area contributed by atoms with Gasteiger partial charge in [0, 0.05) is 30.6 Å². The molecule has 1 N–H and O–H groups in total. The summed E-state index contributed by atoms with van der Waals surface area (Å²) in [4.78, 5) is 26.6. The van der Waals surface area contributed by atoms with Crippen LogP contribution >= 0.6 is 11.3 Å². The highest BCUT2D eigenvalue weighted by Gasteiger charge is 2.24. The fraction of sp³-hybridized carbons (Fsp3) is 0.524. The van der Waals surface area contributed by atoms with Crippen molar-refractivity contribution in [2.45, 2.75) is 45.2 Å². The van der Waals surface area contributed by atoms with Crippen LogP contribution in [0.1, 0.15) is 43.0 Å². The quantitative estimate of drug-likeness (QED) is 0.699. The zero-order valence-corrected chi connectivity index (χ0v) is 17.5. The van der Waals surface area contributed by atoms with E-state index in [0.717, 1.165) is 24.5 Å². The van der Waals surface area contributed by atoms with E-state index in [4.69, 9.17) is 4.74 Å². The molecule has 2 heterocycles. The van der Waals surface area contributed by atoms with Crippen molar-refractivity contribution < 1.29 is 9.53 Å². The van der Waals surface area contributed by atoms with Gasteiger partial charge >= 0.3 is 4.87 Å². The molecule has 0 spiro atoms. The fourth-order valence-corrected chi connectivity index (χ4v) is 4.47. The molecule has 1 saturated heterocycles. The lowest BCUT2D eigenvalue weighted by atomic mass is 10.1. The second-order valence-electron chi connectivity index (χ2n) is 7.23. The van der Waals surface area contributed by atoms with Gasteiger partial charge in [-0.05, 0) is 57.0 Å². The summed E-state index contributed by atoms with van der Waals surface area (Å²) in [5, 5.41) is 4.96. The smallest absolute Gasteiger partial charge is 0.307 e. The van der Waals surface area contributed by atoms with Gasteiger partial charge in [0.1, 0.15) is 5.75 Å². The topological polar surface area (TPSA) is 63.6 Å². The zero-order valence-electron chi connectivity index (χ0n) is 16.6. The van der Waals surface area contributed by atoms with Gasteiger partial charge in [-0.25, -0.2) is 0 Å². The first kappa shape index (κ1) is 20.6. The number of nitrogens with one attached hydrogen (secondary N) is 1. The average molecular weight is 404 g/mol. The molecule has 7 heteroatoms. The minimum Gasteiger partial charge on any atom is -0.497 e. The molecule has 0 bridgehead atoms. The van der Waals surface area contributed by atoms with Gasteiger partial charge in [-0.15, -0.1) is 0 Å². The molecular formula is C21H29N3O3S. The number of hydrogen-bond acceptors (Lipinski definition) is 5. The maximum atomic E-state index is 12.4. The second-order valence-corrected chi connectivity index (χ2v) is 8.05. The fourth-order valence-electron chi connectivity index (χ4n) is 3.71. The van der Waals surface area contributed by atoms with Crippen molar-refractivity contribution in [3.05, 3.63) is 50.6 Å². The number of amides is 1. The largest absolute Gasteiger partial charge is 0.497 e. The minimum atomic E-state index is 0.0404. The van der Waals surface area contributed by atoms with Gasteiger partial charge in [0.2, 0.25) is 5.91 Å². The molecule has 1 fully saturated rings. The van der Waals surface area contributed by atoms with Crippen molar-refractivity contribution in [1.82, 2.24) is 14.8 Å². The van der Waals surface area contributed by atoms with Gasteiger partial charge in [-0.2, -0.15) is 0 Å². The molecule has 0 saturated carbocycles. The molecule has 0 unspecified atom stereocenters. The molecule has 6 nitrogen and oxygen atoms in total. The van der Waals surface area contributed by atoms with Crippen molar-refractivity contribution in [1.29, 1.82) is 0 Å². The van der Waals surface area contributed by atoms with Gasteiger partial charge in [-0.3, -0.25) is 14.5 Å². The number of nitrogens with zero attached hydrogens (tertiary/aromatic N) is 2. The van der Waals surface area contributed by atoms with Gasteiger partial charge in [0.05, 0.1) is 13.2 Å². The Morgan fingerprint density at radius 3 is 2.57 bits per heavy atom. The van der Waals surface area contributed by atoms with Crippen LogP contribution in [0.15, 0.2) is 34.4 Å². The van der Waals surface area contributed by atoms with Gasteiger partial charge in [0.25, 0.3) is 0 Å². The van der Waals surface area contributed by atoms with E-state index in [1.807, 2.05) is 24.4 Å². The Labute approximate surface area is 170 Å². The molecule has 1 aliphatic rings. The summed E-state index contributed by atoms with van der Waals surface area (Å²) in [6.45, 7) is 5.24. The molecule has 1 aromatic carbocycles. The summed E-state index contributed by atoms with van der Waals surface area (Å²) in [6, 6.07) is 8.29. The number of rotatable bonds is 9.